The Balaban J connectivity index is 1.27. The topological polar surface area (TPSA) is 46.1 Å². The summed E-state index contributed by atoms with van der Waals surface area (Å²) in [5, 5.41) is 7.71. The van der Waals surface area contributed by atoms with Gasteiger partial charge in [-0.1, -0.05) is 55.2 Å². The van der Waals surface area contributed by atoms with Crippen molar-refractivity contribution in [1.82, 2.24) is 15.2 Å². The Kier molecular flexibility index (Phi) is 6.85. The number of amides is 1. The first-order valence-electron chi connectivity index (χ1n) is 11.3. The van der Waals surface area contributed by atoms with Gasteiger partial charge in [-0.15, -0.1) is 0 Å². The fourth-order valence-corrected chi connectivity index (χ4v) is 4.46. The molecule has 1 amide bonds. The van der Waals surface area contributed by atoms with E-state index in [1.54, 1.807) is 0 Å². The molecule has 158 valence electrons. The number of fused-ring (bicyclic) bond motifs is 1. The molecule has 1 fully saturated rings. The normalized spacial score (nSPS) is 14.8. The summed E-state index contributed by atoms with van der Waals surface area (Å²) in [4.78, 5) is 12.4. The number of carbonyl (C=O) groups is 1. The van der Waals surface area contributed by atoms with E-state index in [4.69, 9.17) is 0 Å². The van der Waals surface area contributed by atoms with Gasteiger partial charge in [-0.3, -0.25) is 4.79 Å². The second kappa shape index (κ2) is 9.94. The minimum atomic E-state index is 0.0644. The number of hydrogen-bond donors (Lipinski definition) is 2. The molecule has 0 aliphatic heterocycles. The smallest absolute Gasteiger partial charge is 0.239 e. The van der Waals surface area contributed by atoms with Crippen molar-refractivity contribution in [2.45, 2.75) is 45.6 Å². The average Bonchev–Trinajstić information content (AvgIpc) is 3.16. The van der Waals surface area contributed by atoms with E-state index < -0.39 is 0 Å². The Labute approximate surface area is 179 Å². The van der Waals surface area contributed by atoms with Crippen LogP contribution >= 0.6 is 0 Å². The van der Waals surface area contributed by atoms with Crippen LogP contribution in [0.25, 0.3) is 22.0 Å². The molecule has 2 N–H and O–H groups in total. The summed E-state index contributed by atoms with van der Waals surface area (Å²) in [7, 11) is 0. The molecular weight excluding hydrogens is 370 g/mol. The third-order valence-corrected chi connectivity index (χ3v) is 6.25. The van der Waals surface area contributed by atoms with Crippen LogP contribution in [-0.2, 0) is 11.3 Å². The molecule has 1 saturated carbocycles. The highest BCUT2D eigenvalue weighted by molar-refractivity contribution is 5.87. The third-order valence-electron chi connectivity index (χ3n) is 6.25. The van der Waals surface area contributed by atoms with E-state index in [0.29, 0.717) is 13.1 Å². The summed E-state index contributed by atoms with van der Waals surface area (Å²) in [6, 6.07) is 17.1. The van der Waals surface area contributed by atoms with Gasteiger partial charge in [0.15, 0.2) is 0 Å². The fraction of sp³-hybridized carbons (Fsp3) is 0.423. The van der Waals surface area contributed by atoms with Gasteiger partial charge in [0.2, 0.25) is 5.91 Å². The van der Waals surface area contributed by atoms with Crippen molar-refractivity contribution in [3.8, 4) is 11.1 Å². The van der Waals surface area contributed by atoms with E-state index in [-0.39, 0.29) is 5.91 Å². The van der Waals surface area contributed by atoms with Gasteiger partial charge in [0.1, 0.15) is 6.54 Å². The molecule has 4 heteroatoms. The summed E-state index contributed by atoms with van der Waals surface area (Å²) >= 11 is 0. The van der Waals surface area contributed by atoms with Crippen molar-refractivity contribution in [2.24, 2.45) is 5.92 Å². The maximum absolute atomic E-state index is 12.4. The van der Waals surface area contributed by atoms with E-state index in [1.165, 1.54) is 48.8 Å². The molecule has 4 rings (SSSR count). The lowest BCUT2D eigenvalue weighted by Crippen LogP contribution is -2.35. The number of hydrogen-bond acceptors (Lipinski definition) is 2. The van der Waals surface area contributed by atoms with Gasteiger partial charge in [-0.25, -0.2) is 0 Å². The SMILES string of the molecule is Cc1ccc(-c2ccc3c(ccn3CC(=O)NCCNCC3CCCCC3)c2)cc1. The third kappa shape index (κ3) is 5.31. The summed E-state index contributed by atoms with van der Waals surface area (Å²) in [6.45, 7) is 5.07. The molecular formula is C26H33N3O. The van der Waals surface area contributed by atoms with E-state index in [0.717, 1.165) is 29.9 Å². The van der Waals surface area contributed by atoms with Crippen molar-refractivity contribution >= 4 is 16.8 Å². The Bertz CT molecular complexity index is 968. The van der Waals surface area contributed by atoms with Crippen LogP contribution in [0.5, 0.6) is 0 Å². The van der Waals surface area contributed by atoms with E-state index in [1.807, 2.05) is 10.8 Å². The number of aromatic nitrogens is 1. The van der Waals surface area contributed by atoms with Crippen LogP contribution in [0, 0.1) is 12.8 Å². The number of aryl methyl sites for hydroxylation is 1. The monoisotopic (exact) mass is 403 g/mol. The van der Waals surface area contributed by atoms with Crippen molar-refractivity contribution in [3.05, 3.63) is 60.3 Å². The van der Waals surface area contributed by atoms with Crippen LogP contribution in [-0.4, -0.2) is 30.1 Å². The lowest BCUT2D eigenvalue weighted by atomic mass is 9.89. The maximum atomic E-state index is 12.4. The number of nitrogens with one attached hydrogen (secondary N) is 2. The highest BCUT2D eigenvalue weighted by Gasteiger charge is 2.12. The molecule has 1 aromatic heterocycles. The minimum absolute atomic E-state index is 0.0644. The first kappa shape index (κ1) is 20.7. The first-order chi connectivity index (χ1) is 14.7. The predicted molar refractivity (Wildman–Crippen MR) is 125 cm³/mol. The number of benzene rings is 2. The Morgan fingerprint density at radius 3 is 2.53 bits per heavy atom. The molecule has 0 unspecified atom stereocenters. The molecule has 2 aromatic carbocycles. The number of rotatable bonds is 8. The van der Waals surface area contributed by atoms with Crippen molar-refractivity contribution in [1.29, 1.82) is 0 Å². The Morgan fingerprint density at radius 1 is 0.967 bits per heavy atom. The summed E-state index contributed by atoms with van der Waals surface area (Å²) in [6.07, 6.45) is 8.86. The van der Waals surface area contributed by atoms with Gasteiger partial charge < -0.3 is 15.2 Å². The van der Waals surface area contributed by atoms with Gasteiger partial charge in [0, 0.05) is 30.2 Å². The molecule has 1 heterocycles. The lowest BCUT2D eigenvalue weighted by Gasteiger charge is -2.21. The Morgan fingerprint density at radius 2 is 1.73 bits per heavy atom. The quantitative estimate of drug-likeness (QED) is 0.525. The van der Waals surface area contributed by atoms with E-state index >= 15 is 0 Å². The van der Waals surface area contributed by atoms with E-state index in [9.17, 15) is 4.79 Å². The van der Waals surface area contributed by atoms with Crippen molar-refractivity contribution < 1.29 is 4.79 Å². The van der Waals surface area contributed by atoms with Crippen LogP contribution in [0.2, 0.25) is 0 Å². The molecule has 1 aliphatic carbocycles. The van der Waals surface area contributed by atoms with Gasteiger partial charge in [0.05, 0.1) is 0 Å². The second-order valence-corrected chi connectivity index (χ2v) is 8.64. The average molecular weight is 404 g/mol. The predicted octanol–water partition coefficient (Wildman–Crippen LogP) is 4.90. The van der Waals surface area contributed by atoms with Gasteiger partial charge in [-0.05, 0) is 61.6 Å². The Hall–Kier alpha value is -2.59. The summed E-state index contributed by atoms with van der Waals surface area (Å²) < 4.78 is 2.03. The highest BCUT2D eigenvalue weighted by Crippen LogP contribution is 2.25. The number of nitrogens with zero attached hydrogens (tertiary/aromatic N) is 1. The number of carbonyl (C=O) groups excluding carboxylic acids is 1. The van der Waals surface area contributed by atoms with Crippen LogP contribution < -0.4 is 10.6 Å². The molecule has 0 bridgehead atoms. The molecule has 0 spiro atoms. The maximum Gasteiger partial charge on any atom is 0.239 e. The van der Waals surface area contributed by atoms with Gasteiger partial charge in [-0.2, -0.15) is 0 Å². The standard InChI is InChI=1S/C26H33N3O/c1-20-7-9-22(10-8-20)23-11-12-25-24(17-23)13-16-29(25)19-26(30)28-15-14-27-18-21-5-3-2-4-6-21/h7-13,16-17,21,27H,2-6,14-15,18-19H2,1H3,(H,28,30). The zero-order valence-electron chi connectivity index (χ0n) is 18.0. The largest absolute Gasteiger partial charge is 0.353 e. The summed E-state index contributed by atoms with van der Waals surface area (Å²) in [5.74, 6) is 0.889. The van der Waals surface area contributed by atoms with Crippen LogP contribution in [0.15, 0.2) is 54.7 Å². The molecule has 1 aliphatic rings. The summed E-state index contributed by atoms with van der Waals surface area (Å²) in [5.41, 5.74) is 4.78. The zero-order valence-corrected chi connectivity index (χ0v) is 18.0. The van der Waals surface area contributed by atoms with Crippen molar-refractivity contribution in [2.75, 3.05) is 19.6 Å². The van der Waals surface area contributed by atoms with Crippen molar-refractivity contribution in [3.63, 3.8) is 0 Å². The molecule has 0 saturated heterocycles. The van der Waals surface area contributed by atoms with E-state index in [2.05, 4.69) is 66.1 Å². The molecule has 0 atom stereocenters. The highest BCUT2D eigenvalue weighted by atomic mass is 16.1. The molecule has 3 aromatic rings. The van der Waals surface area contributed by atoms with Gasteiger partial charge >= 0.3 is 0 Å². The van der Waals surface area contributed by atoms with Crippen LogP contribution in [0.3, 0.4) is 0 Å². The van der Waals surface area contributed by atoms with Gasteiger partial charge in [0.25, 0.3) is 0 Å². The minimum Gasteiger partial charge on any atom is -0.353 e. The first-order valence-corrected chi connectivity index (χ1v) is 11.3. The molecule has 30 heavy (non-hydrogen) atoms. The second-order valence-electron chi connectivity index (χ2n) is 8.64. The molecule has 0 radical (unpaired) electrons. The van der Waals surface area contributed by atoms with Crippen LogP contribution in [0.1, 0.15) is 37.7 Å². The lowest BCUT2D eigenvalue weighted by molar-refractivity contribution is -0.121. The molecule has 4 nitrogen and oxygen atoms in total. The zero-order chi connectivity index (χ0) is 20.8. The fourth-order valence-electron chi connectivity index (χ4n) is 4.46. The van der Waals surface area contributed by atoms with Crippen LogP contribution in [0.4, 0.5) is 0 Å².